The van der Waals surface area contributed by atoms with Crippen molar-refractivity contribution in [1.29, 1.82) is 0 Å². The number of halogens is 1. The van der Waals surface area contributed by atoms with E-state index < -0.39 is 5.97 Å². The summed E-state index contributed by atoms with van der Waals surface area (Å²) < 4.78 is 22.0. The topological polar surface area (TPSA) is 74.2 Å². The summed E-state index contributed by atoms with van der Waals surface area (Å²) in [5.74, 6) is 1.25. The van der Waals surface area contributed by atoms with E-state index in [1.165, 1.54) is 6.08 Å². The standard InChI is InChI=1S/C20H21ClO6/c1-3-25-18-13-14(4-9-19(22)23)12-17(21)20(18)27-11-10-26-16-7-5-15(24-2)6-8-16/h4-9,12-13H,3,10-11H2,1-2H3,(H,22,23). The molecule has 6 nitrogen and oxygen atoms in total. The van der Waals surface area contributed by atoms with Gasteiger partial charge in [0.05, 0.1) is 18.7 Å². The van der Waals surface area contributed by atoms with E-state index >= 15 is 0 Å². The van der Waals surface area contributed by atoms with Crippen molar-refractivity contribution in [3.63, 3.8) is 0 Å². The fourth-order valence-electron chi connectivity index (χ4n) is 2.23. The molecular weight excluding hydrogens is 372 g/mol. The normalized spacial score (nSPS) is 10.6. The quantitative estimate of drug-likeness (QED) is 0.480. The predicted molar refractivity (Wildman–Crippen MR) is 103 cm³/mol. The largest absolute Gasteiger partial charge is 0.497 e. The van der Waals surface area contributed by atoms with Crippen LogP contribution in [0.4, 0.5) is 0 Å². The van der Waals surface area contributed by atoms with Gasteiger partial charge < -0.3 is 24.1 Å². The second-order valence-corrected chi connectivity index (χ2v) is 5.71. The first kappa shape index (κ1) is 20.5. The minimum Gasteiger partial charge on any atom is -0.497 e. The van der Waals surface area contributed by atoms with Gasteiger partial charge in [-0.3, -0.25) is 0 Å². The first-order chi connectivity index (χ1) is 13.0. The lowest BCUT2D eigenvalue weighted by molar-refractivity contribution is -0.131. The van der Waals surface area contributed by atoms with Gasteiger partial charge in [0.15, 0.2) is 11.5 Å². The van der Waals surface area contributed by atoms with Gasteiger partial charge in [-0.1, -0.05) is 11.6 Å². The Morgan fingerprint density at radius 1 is 1.07 bits per heavy atom. The second-order valence-electron chi connectivity index (χ2n) is 5.31. The van der Waals surface area contributed by atoms with Crippen LogP contribution in [-0.4, -0.2) is 38.0 Å². The van der Waals surface area contributed by atoms with E-state index in [2.05, 4.69) is 0 Å². The summed E-state index contributed by atoms with van der Waals surface area (Å²) in [4.78, 5) is 10.7. The highest BCUT2D eigenvalue weighted by Gasteiger charge is 2.12. The van der Waals surface area contributed by atoms with Crippen LogP contribution in [0.15, 0.2) is 42.5 Å². The maximum Gasteiger partial charge on any atom is 0.328 e. The molecule has 0 heterocycles. The molecule has 2 rings (SSSR count). The first-order valence-corrected chi connectivity index (χ1v) is 8.68. The van der Waals surface area contributed by atoms with Crippen molar-refractivity contribution in [2.45, 2.75) is 6.92 Å². The Hall–Kier alpha value is -2.86. The molecule has 0 amide bonds. The second kappa shape index (κ2) is 10.3. The van der Waals surface area contributed by atoms with Gasteiger partial charge in [0.1, 0.15) is 24.7 Å². The van der Waals surface area contributed by atoms with Crippen molar-refractivity contribution in [3.05, 3.63) is 53.1 Å². The molecule has 0 bridgehead atoms. The van der Waals surface area contributed by atoms with Crippen LogP contribution >= 0.6 is 11.6 Å². The monoisotopic (exact) mass is 392 g/mol. The lowest BCUT2D eigenvalue weighted by Crippen LogP contribution is -2.10. The zero-order valence-electron chi connectivity index (χ0n) is 15.1. The van der Waals surface area contributed by atoms with Gasteiger partial charge in [0.25, 0.3) is 0 Å². The lowest BCUT2D eigenvalue weighted by Gasteiger charge is -2.15. The molecule has 1 N–H and O–H groups in total. The third-order valence-electron chi connectivity index (χ3n) is 3.41. The predicted octanol–water partition coefficient (Wildman–Crippen LogP) is 4.30. The van der Waals surface area contributed by atoms with Gasteiger partial charge in [0, 0.05) is 6.08 Å². The van der Waals surface area contributed by atoms with Gasteiger partial charge in [-0.05, 0) is 55.0 Å². The van der Waals surface area contributed by atoms with Gasteiger partial charge in [-0.15, -0.1) is 0 Å². The fourth-order valence-corrected chi connectivity index (χ4v) is 2.50. The summed E-state index contributed by atoms with van der Waals surface area (Å²) in [5.41, 5.74) is 0.604. The molecule has 0 aliphatic rings. The first-order valence-electron chi connectivity index (χ1n) is 8.30. The van der Waals surface area contributed by atoms with Crippen molar-refractivity contribution < 1.29 is 28.8 Å². The molecule has 144 valence electrons. The average Bonchev–Trinajstić information content (AvgIpc) is 2.65. The third kappa shape index (κ3) is 6.42. The van der Waals surface area contributed by atoms with Gasteiger partial charge in [-0.25, -0.2) is 4.79 Å². The molecule has 2 aromatic carbocycles. The number of ether oxygens (including phenoxy) is 4. The molecule has 27 heavy (non-hydrogen) atoms. The molecule has 2 aromatic rings. The molecule has 7 heteroatoms. The number of aliphatic carboxylic acids is 1. The number of carboxylic acids is 1. The highest BCUT2D eigenvalue weighted by Crippen LogP contribution is 2.37. The Morgan fingerprint density at radius 2 is 1.74 bits per heavy atom. The summed E-state index contributed by atoms with van der Waals surface area (Å²) in [6, 6.07) is 10.5. The van der Waals surface area contributed by atoms with Crippen LogP contribution in [0.5, 0.6) is 23.0 Å². The Kier molecular flexibility index (Phi) is 7.82. The number of hydrogen-bond acceptors (Lipinski definition) is 5. The van der Waals surface area contributed by atoms with Crippen molar-refractivity contribution in [3.8, 4) is 23.0 Å². The van der Waals surface area contributed by atoms with Crippen molar-refractivity contribution in [1.82, 2.24) is 0 Å². The van der Waals surface area contributed by atoms with Crippen LogP contribution < -0.4 is 18.9 Å². The molecule has 0 atom stereocenters. The van der Waals surface area contributed by atoms with Crippen LogP contribution in [0.25, 0.3) is 6.08 Å². The van der Waals surface area contributed by atoms with Crippen LogP contribution in [0.3, 0.4) is 0 Å². The van der Waals surface area contributed by atoms with E-state index in [0.717, 1.165) is 11.8 Å². The maximum atomic E-state index is 10.7. The molecule has 0 aliphatic heterocycles. The number of hydrogen-bond donors (Lipinski definition) is 1. The van der Waals surface area contributed by atoms with Crippen molar-refractivity contribution in [2.75, 3.05) is 26.9 Å². The van der Waals surface area contributed by atoms with E-state index in [9.17, 15) is 4.79 Å². The fraction of sp³-hybridized carbons (Fsp3) is 0.250. The summed E-state index contributed by atoms with van der Waals surface area (Å²) in [6.07, 6.45) is 2.47. The number of carbonyl (C=O) groups is 1. The Bertz CT molecular complexity index is 786. The number of carboxylic acid groups (broad SMARTS) is 1. The zero-order chi connectivity index (χ0) is 19.6. The molecule has 0 radical (unpaired) electrons. The third-order valence-corrected chi connectivity index (χ3v) is 3.69. The summed E-state index contributed by atoms with van der Waals surface area (Å²) >= 11 is 6.27. The average molecular weight is 393 g/mol. The lowest BCUT2D eigenvalue weighted by atomic mass is 10.2. The smallest absolute Gasteiger partial charge is 0.328 e. The van der Waals surface area contributed by atoms with E-state index in [-0.39, 0.29) is 6.61 Å². The van der Waals surface area contributed by atoms with E-state index in [1.807, 2.05) is 19.1 Å². The number of rotatable bonds is 10. The van der Waals surface area contributed by atoms with Crippen LogP contribution in [0, 0.1) is 0 Å². The van der Waals surface area contributed by atoms with E-state index in [1.54, 1.807) is 31.4 Å². The molecule has 0 aliphatic carbocycles. The molecule has 0 spiro atoms. The molecule has 0 saturated heterocycles. The van der Waals surface area contributed by atoms with Crippen LogP contribution in [0.2, 0.25) is 5.02 Å². The van der Waals surface area contributed by atoms with Gasteiger partial charge in [-0.2, -0.15) is 0 Å². The zero-order valence-corrected chi connectivity index (χ0v) is 15.9. The van der Waals surface area contributed by atoms with E-state index in [4.69, 9.17) is 35.7 Å². The maximum absolute atomic E-state index is 10.7. The molecular formula is C20H21ClO6. The highest BCUT2D eigenvalue weighted by atomic mass is 35.5. The Morgan fingerprint density at radius 3 is 2.37 bits per heavy atom. The number of methoxy groups -OCH3 is 1. The van der Waals surface area contributed by atoms with Gasteiger partial charge >= 0.3 is 5.97 Å². The van der Waals surface area contributed by atoms with Gasteiger partial charge in [0.2, 0.25) is 0 Å². The Labute approximate surface area is 162 Å². The summed E-state index contributed by atoms with van der Waals surface area (Å²) in [7, 11) is 1.60. The minimum atomic E-state index is -1.04. The van der Waals surface area contributed by atoms with Crippen molar-refractivity contribution in [2.24, 2.45) is 0 Å². The van der Waals surface area contributed by atoms with Crippen molar-refractivity contribution >= 4 is 23.6 Å². The minimum absolute atomic E-state index is 0.260. The number of benzene rings is 2. The SMILES string of the molecule is CCOc1cc(C=CC(=O)O)cc(Cl)c1OCCOc1ccc(OC)cc1. The Balaban J connectivity index is 2.00. The molecule has 0 fully saturated rings. The highest BCUT2D eigenvalue weighted by molar-refractivity contribution is 6.32. The summed E-state index contributed by atoms with van der Waals surface area (Å²) in [6.45, 7) is 2.83. The summed E-state index contributed by atoms with van der Waals surface area (Å²) in [5, 5.41) is 9.07. The van der Waals surface area contributed by atoms with E-state index in [0.29, 0.717) is 41.0 Å². The van der Waals surface area contributed by atoms with Crippen LogP contribution in [-0.2, 0) is 4.79 Å². The molecule has 0 aromatic heterocycles. The molecule has 0 unspecified atom stereocenters. The molecule has 0 saturated carbocycles. The van der Waals surface area contributed by atoms with Crippen LogP contribution in [0.1, 0.15) is 12.5 Å².